The van der Waals surface area contributed by atoms with Gasteiger partial charge in [0.15, 0.2) is 5.03 Å². The van der Waals surface area contributed by atoms with Crippen LogP contribution in [0.5, 0.6) is 0 Å². The number of urea groups is 1. The molecule has 2 unspecified atom stereocenters. The van der Waals surface area contributed by atoms with E-state index in [2.05, 4.69) is 31.0 Å². The van der Waals surface area contributed by atoms with Gasteiger partial charge >= 0.3 is 6.03 Å². The molecule has 10 heteroatoms. The monoisotopic (exact) mass is 404 g/mol. The maximum atomic E-state index is 12.2. The lowest BCUT2D eigenvalue weighted by atomic mass is 9.98. The number of nitrogens with zero attached hydrogens (tertiary/aromatic N) is 1. The highest BCUT2D eigenvalue weighted by molar-refractivity contribution is 9.10. The SMILES string of the molecule is NC(=O)NC1(C=O)CCC(CNS(=O)(=O)c2ccc(Br)cn2)C1. The van der Waals surface area contributed by atoms with Crippen molar-refractivity contribution < 1.29 is 18.0 Å². The lowest BCUT2D eigenvalue weighted by Crippen LogP contribution is -2.50. The van der Waals surface area contributed by atoms with Crippen LogP contribution < -0.4 is 15.8 Å². The highest BCUT2D eigenvalue weighted by Crippen LogP contribution is 2.33. The van der Waals surface area contributed by atoms with Gasteiger partial charge in [-0.05, 0) is 53.2 Å². The van der Waals surface area contributed by atoms with Gasteiger partial charge < -0.3 is 15.8 Å². The van der Waals surface area contributed by atoms with Gasteiger partial charge in [-0.1, -0.05) is 0 Å². The molecule has 8 nitrogen and oxygen atoms in total. The molecule has 126 valence electrons. The molecule has 0 radical (unpaired) electrons. The summed E-state index contributed by atoms with van der Waals surface area (Å²) in [6, 6.07) is 2.22. The minimum atomic E-state index is -3.71. The van der Waals surface area contributed by atoms with Crippen molar-refractivity contribution in [3.63, 3.8) is 0 Å². The summed E-state index contributed by atoms with van der Waals surface area (Å²) in [6.45, 7) is 0.163. The van der Waals surface area contributed by atoms with Gasteiger partial charge in [0.2, 0.25) is 0 Å². The number of aldehydes is 1. The zero-order chi connectivity index (χ0) is 17.1. The molecule has 1 aliphatic carbocycles. The van der Waals surface area contributed by atoms with E-state index in [0.29, 0.717) is 30.0 Å². The van der Waals surface area contributed by atoms with Gasteiger partial charge in [-0.3, -0.25) is 0 Å². The Morgan fingerprint density at radius 2 is 2.26 bits per heavy atom. The lowest BCUT2D eigenvalue weighted by Gasteiger charge is -2.23. The number of halogens is 1. The second-order valence-electron chi connectivity index (χ2n) is 5.54. The van der Waals surface area contributed by atoms with Crippen LogP contribution in [-0.2, 0) is 14.8 Å². The number of pyridine rings is 1. The van der Waals surface area contributed by atoms with Gasteiger partial charge in [0.25, 0.3) is 10.0 Å². The molecule has 1 aliphatic rings. The standard InChI is InChI=1S/C13H17BrN4O4S/c14-10-1-2-11(16-7-10)23(21,22)17-6-9-3-4-13(5-9,8-19)18-12(15)20/h1-2,7-9,17H,3-6H2,(H3,15,18,20). The van der Waals surface area contributed by atoms with E-state index in [0.717, 1.165) is 0 Å². The Kier molecular flexibility index (Phi) is 5.37. The van der Waals surface area contributed by atoms with E-state index in [1.165, 1.54) is 12.3 Å². The minimum absolute atomic E-state index is 0.0720. The van der Waals surface area contributed by atoms with Crippen LogP contribution in [0.15, 0.2) is 27.8 Å². The molecule has 23 heavy (non-hydrogen) atoms. The third-order valence-corrected chi connectivity index (χ3v) is 5.59. The summed E-state index contributed by atoms with van der Waals surface area (Å²) >= 11 is 3.19. The fraction of sp³-hybridized carbons (Fsp3) is 0.462. The predicted molar refractivity (Wildman–Crippen MR) is 86.0 cm³/mol. The summed E-state index contributed by atoms with van der Waals surface area (Å²) in [4.78, 5) is 26.1. The van der Waals surface area contributed by atoms with Crippen LogP contribution in [0.4, 0.5) is 4.79 Å². The molecule has 0 saturated heterocycles. The van der Waals surface area contributed by atoms with Crippen LogP contribution >= 0.6 is 15.9 Å². The Morgan fingerprint density at radius 3 is 2.83 bits per heavy atom. The average molecular weight is 405 g/mol. The first-order chi connectivity index (χ1) is 10.8. The Bertz CT molecular complexity index is 694. The third-order valence-electron chi connectivity index (χ3n) is 3.79. The van der Waals surface area contributed by atoms with E-state index >= 15 is 0 Å². The number of nitrogens with one attached hydrogen (secondary N) is 2. The summed E-state index contributed by atoms with van der Waals surface area (Å²) in [5.74, 6) is -0.0720. The fourth-order valence-electron chi connectivity index (χ4n) is 2.67. The molecular formula is C13H17BrN4O4S. The van der Waals surface area contributed by atoms with Gasteiger partial charge in [0.1, 0.15) is 6.29 Å². The van der Waals surface area contributed by atoms with Crippen molar-refractivity contribution in [1.82, 2.24) is 15.0 Å². The van der Waals surface area contributed by atoms with Crippen molar-refractivity contribution in [3.8, 4) is 0 Å². The van der Waals surface area contributed by atoms with E-state index in [1.54, 1.807) is 6.07 Å². The third kappa shape index (κ3) is 4.49. The number of carbonyl (C=O) groups excluding carboxylic acids is 2. The van der Waals surface area contributed by atoms with E-state index < -0.39 is 21.6 Å². The van der Waals surface area contributed by atoms with Crippen molar-refractivity contribution in [3.05, 3.63) is 22.8 Å². The van der Waals surface area contributed by atoms with E-state index in [9.17, 15) is 18.0 Å². The Balaban J connectivity index is 1.97. The molecule has 1 aromatic heterocycles. The Labute approximate surface area is 142 Å². The zero-order valence-corrected chi connectivity index (χ0v) is 14.6. The molecule has 2 atom stereocenters. The molecule has 0 aromatic carbocycles. The molecule has 1 aromatic rings. The van der Waals surface area contributed by atoms with Crippen molar-refractivity contribution in [1.29, 1.82) is 0 Å². The maximum Gasteiger partial charge on any atom is 0.312 e. The van der Waals surface area contributed by atoms with Crippen LogP contribution in [0.3, 0.4) is 0 Å². The first kappa shape index (κ1) is 17.8. The minimum Gasteiger partial charge on any atom is -0.352 e. The first-order valence-corrected chi connectivity index (χ1v) is 9.19. The maximum absolute atomic E-state index is 12.2. The number of aromatic nitrogens is 1. The molecule has 0 bridgehead atoms. The number of amides is 2. The lowest BCUT2D eigenvalue weighted by molar-refractivity contribution is -0.112. The van der Waals surface area contributed by atoms with Gasteiger partial charge in [-0.15, -0.1) is 0 Å². The number of nitrogens with two attached hydrogens (primary N) is 1. The molecule has 0 spiro atoms. The molecule has 1 fully saturated rings. The van der Waals surface area contributed by atoms with Crippen LogP contribution in [0, 0.1) is 5.92 Å². The second-order valence-corrected chi connectivity index (χ2v) is 8.17. The summed E-state index contributed by atoms with van der Waals surface area (Å²) in [5, 5.41) is 2.37. The molecule has 0 aliphatic heterocycles. The van der Waals surface area contributed by atoms with Crippen LogP contribution in [0.25, 0.3) is 0 Å². The van der Waals surface area contributed by atoms with E-state index in [4.69, 9.17) is 5.73 Å². The summed E-state index contributed by atoms with van der Waals surface area (Å²) in [5.41, 5.74) is 4.08. The zero-order valence-electron chi connectivity index (χ0n) is 12.2. The Hall–Kier alpha value is -1.52. The van der Waals surface area contributed by atoms with Gasteiger partial charge in [0.05, 0.1) is 5.54 Å². The number of hydrogen-bond donors (Lipinski definition) is 3. The first-order valence-electron chi connectivity index (χ1n) is 6.91. The number of hydrogen-bond acceptors (Lipinski definition) is 5. The molecule has 2 amide bonds. The number of sulfonamides is 1. The smallest absolute Gasteiger partial charge is 0.312 e. The number of primary amides is 1. The van der Waals surface area contributed by atoms with E-state index in [-0.39, 0.29) is 17.5 Å². The molecule has 1 saturated carbocycles. The average Bonchev–Trinajstić information content (AvgIpc) is 2.89. The van der Waals surface area contributed by atoms with Crippen LogP contribution in [-0.4, -0.2) is 37.8 Å². The fourth-order valence-corrected chi connectivity index (χ4v) is 3.95. The normalized spacial score (nSPS) is 24.3. The molecule has 4 N–H and O–H groups in total. The van der Waals surface area contributed by atoms with Crippen LogP contribution in [0.1, 0.15) is 19.3 Å². The molecular weight excluding hydrogens is 388 g/mol. The highest BCUT2D eigenvalue weighted by atomic mass is 79.9. The van der Waals surface area contributed by atoms with Crippen LogP contribution in [0.2, 0.25) is 0 Å². The predicted octanol–water partition coefficient (Wildman–Crippen LogP) is 0.528. The van der Waals surface area contributed by atoms with Crippen molar-refractivity contribution in [2.75, 3.05) is 6.54 Å². The van der Waals surface area contributed by atoms with Crippen molar-refractivity contribution in [2.45, 2.75) is 29.8 Å². The summed E-state index contributed by atoms with van der Waals surface area (Å²) in [7, 11) is -3.71. The molecule has 2 rings (SSSR count). The van der Waals surface area contributed by atoms with Crippen molar-refractivity contribution >= 4 is 38.3 Å². The largest absolute Gasteiger partial charge is 0.352 e. The number of rotatable bonds is 6. The second kappa shape index (κ2) is 6.93. The topological polar surface area (TPSA) is 131 Å². The van der Waals surface area contributed by atoms with Gasteiger partial charge in [-0.2, -0.15) is 0 Å². The summed E-state index contributed by atoms with van der Waals surface area (Å²) < 4.78 is 27.5. The number of carbonyl (C=O) groups is 2. The van der Waals surface area contributed by atoms with Crippen molar-refractivity contribution in [2.24, 2.45) is 11.7 Å². The van der Waals surface area contributed by atoms with Gasteiger partial charge in [-0.25, -0.2) is 22.9 Å². The molecule has 1 heterocycles. The van der Waals surface area contributed by atoms with Gasteiger partial charge in [0, 0.05) is 17.2 Å². The quantitative estimate of drug-likeness (QED) is 0.594. The highest BCUT2D eigenvalue weighted by Gasteiger charge is 2.40. The summed E-state index contributed by atoms with van der Waals surface area (Å²) in [6.07, 6.45) is 3.45. The Morgan fingerprint density at radius 1 is 1.52 bits per heavy atom. The van der Waals surface area contributed by atoms with E-state index in [1.807, 2.05) is 0 Å².